The normalized spacial score (nSPS) is 16.1. The summed E-state index contributed by atoms with van der Waals surface area (Å²) in [4.78, 5) is 0.195. The number of rotatable bonds is 4. The van der Waals surface area contributed by atoms with E-state index in [2.05, 4.69) is 4.72 Å². The molecule has 1 fully saturated rings. The van der Waals surface area contributed by atoms with Crippen molar-refractivity contribution >= 4 is 10.0 Å². The van der Waals surface area contributed by atoms with Gasteiger partial charge in [0.25, 0.3) is 0 Å². The third-order valence-electron chi connectivity index (χ3n) is 3.60. The molecule has 1 aliphatic carbocycles. The van der Waals surface area contributed by atoms with Crippen molar-refractivity contribution in [1.29, 1.82) is 5.26 Å². The fraction of sp³-hybridized carbons (Fsp3) is 0.500. The molecule has 0 heterocycles. The number of sulfonamides is 1. The van der Waals surface area contributed by atoms with Crippen LogP contribution in [0.1, 0.15) is 37.8 Å². The molecule has 1 saturated carbocycles. The third-order valence-corrected chi connectivity index (χ3v) is 5.42. The number of nitrogens with zero attached hydrogens (tertiary/aromatic N) is 1. The van der Waals surface area contributed by atoms with E-state index in [-0.39, 0.29) is 4.90 Å². The van der Waals surface area contributed by atoms with Gasteiger partial charge < -0.3 is 0 Å². The molecule has 1 N–H and O–H groups in total. The highest BCUT2D eigenvalue weighted by atomic mass is 32.2. The summed E-state index contributed by atoms with van der Waals surface area (Å²) in [5, 5.41) is 8.88. The second kappa shape index (κ2) is 4.62. The van der Waals surface area contributed by atoms with Crippen LogP contribution in [-0.4, -0.2) is 14.0 Å². The maximum Gasteiger partial charge on any atom is 0.241 e. The quantitative estimate of drug-likeness (QED) is 0.919. The number of hydrogen-bond acceptors (Lipinski definition) is 3. The van der Waals surface area contributed by atoms with Gasteiger partial charge in [0.05, 0.1) is 16.5 Å². The van der Waals surface area contributed by atoms with Gasteiger partial charge in [-0.05, 0) is 57.2 Å². The number of benzene rings is 1. The Hall–Kier alpha value is -1.38. The van der Waals surface area contributed by atoms with E-state index >= 15 is 0 Å². The van der Waals surface area contributed by atoms with Crippen molar-refractivity contribution in [2.45, 2.75) is 44.0 Å². The largest absolute Gasteiger partial charge is 0.241 e. The first kappa shape index (κ1) is 14.0. The van der Waals surface area contributed by atoms with Gasteiger partial charge in [-0.25, -0.2) is 13.1 Å². The van der Waals surface area contributed by atoms with Crippen LogP contribution in [0.2, 0.25) is 0 Å². The van der Waals surface area contributed by atoms with Crippen LogP contribution >= 0.6 is 0 Å². The van der Waals surface area contributed by atoms with Crippen LogP contribution in [0, 0.1) is 24.2 Å². The number of nitrogens with one attached hydrogen (secondary N) is 1. The summed E-state index contributed by atoms with van der Waals surface area (Å²) in [7, 11) is -3.59. The summed E-state index contributed by atoms with van der Waals surface area (Å²) in [5.74, 6) is 0.404. The molecule has 0 unspecified atom stereocenters. The SMILES string of the molecule is Cc1ccc(C#N)cc1S(=O)(=O)NC(C)(C)C1CC1. The highest BCUT2D eigenvalue weighted by molar-refractivity contribution is 7.89. The molecule has 0 aromatic heterocycles. The molecular weight excluding hydrogens is 260 g/mol. The van der Waals surface area contributed by atoms with Gasteiger partial charge in [0.1, 0.15) is 0 Å². The van der Waals surface area contributed by atoms with Crippen LogP contribution in [0.4, 0.5) is 0 Å². The minimum atomic E-state index is -3.59. The van der Waals surface area contributed by atoms with Crippen LogP contribution < -0.4 is 4.72 Å². The van der Waals surface area contributed by atoms with E-state index in [0.717, 1.165) is 12.8 Å². The summed E-state index contributed by atoms with van der Waals surface area (Å²) in [6.07, 6.45) is 2.12. The van der Waals surface area contributed by atoms with E-state index in [1.807, 2.05) is 19.9 Å². The molecule has 0 radical (unpaired) electrons. The van der Waals surface area contributed by atoms with Gasteiger partial charge in [0, 0.05) is 5.54 Å². The lowest BCUT2D eigenvalue weighted by Crippen LogP contribution is -2.45. The van der Waals surface area contributed by atoms with Crippen LogP contribution in [0.5, 0.6) is 0 Å². The Labute approximate surface area is 114 Å². The average Bonchev–Trinajstić information content (AvgIpc) is 3.12. The monoisotopic (exact) mass is 278 g/mol. The summed E-state index contributed by atoms with van der Waals surface area (Å²) in [5.41, 5.74) is 0.571. The molecule has 0 spiro atoms. The van der Waals surface area contributed by atoms with Gasteiger partial charge in [-0.15, -0.1) is 0 Å². The molecule has 4 nitrogen and oxygen atoms in total. The topological polar surface area (TPSA) is 70.0 Å². The molecule has 0 atom stereocenters. The molecule has 0 saturated heterocycles. The van der Waals surface area contributed by atoms with Crippen molar-refractivity contribution < 1.29 is 8.42 Å². The molecule has 1 aliphatic rings. The Morgan fingerprint density at radius 2 is 2.00 bits per heavy atom. The van der Waals surface area contributed by atoms with E-state index in [1.165, 1.54) is 6.07 Å². The van der Waals surface area contributed by atoms with E-state index in [9.17, 15) is 8.42 Å². The third kappa shape index (κ3) is 2.96. The predicted molar refractivity (Wildman–Crippen MR) is 73.0 cm³/mol. The Kier molecular flexibility index (Phi) is 3.41. The zero-order chi connectivity index (χ0) is 14.3. The van der Waals surface area contributed by atoms with E-state index < -0.39 is 15.6 Å². The lowest BCUT2D eigenvalue weighted by molar-refractivity contribution is 0.400. The molecule has 2 rings (SSSR count). The maximum atomic E-state index is 12.4. The van der Waals surface area contributed by atoms with Gasteiger partial charge in [-0.3, -0.25) is 0 Å². The van der Waals surface area contributed by atoms with Crippen molar-refractivity contribution in [3.63, 3.8) is 0 Å². The first-order chi connectivity index (χ1) is 8.76. The zero-order valence-corrected chi connectivity index (χ0v) is 12.2. The van der Waals surface area contributed by atoms with Crippen molar-refractivity contribution in [3.05, 3.63) is 29.3 Å². The van der Waals surface area contributed by atoms with Crippen molar-refractivity contribution in [2.75, 3.05) is 0 Å². The first-order valence-electron chi connectivity index (χ1n) is 6.31. The molecule has 0 bridgehead atoms. The van der Waals surface area contributed by atoms with Crippen molar-refractivity contribution in [1.82, 2.24) is 4.72 Å². The van der Waals surface area contributed by atoms with Gasteiger partial charge in [-0.2, -0.15) is 5.26 Å². The average molecular weight is 278 g/mol. The molecule has 0 aliphatic heterocycles. The molecule has 102 valence electrons. The fourth-order valence-corrected chi connectivity index (χ4v) is 3.99. The van der Waals surface area contributed by atoms with Crippen LogP contribution in [0.25, 0.3) is 0 Å². The molecule has 19 heavy (non-hydrogen) atoms. The van der Waals surface area contributed by atoms with Gasteiger partial charge in [0.2, 0.25) is 10.0 Å². The van der Waals surface area contributed by atoms with Crippen molar-refractivity contribution in [2.24, 2.45) is 5.92 Å². The standard InChI is InChI=1S/C14H18N2O2S/c1-10-4-5-11(9-15)8-13(10)19(17,18)16-14(2,3)12-6-7-12/h4-5,8,12,16H,6-7H2,1-3H3. The lowest BCUT2D eigenvalue weighted by Gasteiger charge is -2.26. The van der Waals surface area contributed by atoms with Crippen LogP contribution in [0.3, 0.4) is 0 Å². The number of hydrogen-bond donors (Lipinski definition) is 1. The summed E-state index contributed by atoms with van der Waals surface area (Å²) in [6.45, 7) is 5.55. The molecule has 5 heteroatoms. The molecule has 1 aromatic rings. The van der Waals surface area contributed by atoms with Crippen LogP contribution in [0.15, 0.2) is 23.1 Å². The number of aryl methyl sites for hydroxylation is 1. The minimum Gasteiger partial charge on any atom is -0.207 e. The number of nitriles is 1. The van der Waals surface area contributed by atoms with E-state index in [0.29, 0.717) is 17.0 Å². The summed E-state index contributed by atoms with van der Waals surface area (Å²) in [6, 6.07) is 6.69. The zero-order valence-electron chi connectivity index (χ0n) is 11.4. The predicted octanol–water partition coefficient (Wildman–Crippen LogP) is 2.33. The molecule has 1 aromatic carbocycles. The second-order valence-electron chi connectivity index (χ2n) is 5.69. The summed E-state index contributed by atoms with van der Waals surface area (Å²) >= 11 is 0. The Balaban J connectivity index is 2.37. The first-order valence-corrected chi connectivity index (χ1v) is 7.79. The Morgan fingerprint density at radius 1 is 1.37 bits per heavy atom. The molecule has 0 amide bonds. The summed E-state index contributed by atoms with van der Waals surface area (Å²) < 4.78 is 27.7. The van der Waals surface area contributed by atoms with E-state index in [4.69, 9.17) is 5.26 Å². The Morgan fingerprint density at radius 3 is 2.53 bits per heavy atom. The van der Waals surface area contributed by atoms with Gasteiger partial charge >= 0.3 is 0 Å². The van der Waals surface area contributed by atoms with Gasteiger partial charge in [-0.1, -0.05) is 6.07 Å². The highest BCUT2D eigenvalue weighted by Gasteiger charge is 2.40. The van der Waals surface area contributed by atoms with Crippen molar-refractivity contribution in [3.8, 4) is 6.07 Å². The highest BCUT2D eigenvalue weighted by Crippen LogP contribution is 2.40. The smallest absolute Gasteiger partial charge is 0.207 e. The van der Waals surface area contributed by atoms with E-state index in [1.54, 1.807) is 19.1 Å². The molecular formula is C14H18N2O2S. The van der Waals surface area contributed by atoms with Crippen LogP contribution in [-0.2, 0) is 10.0 Å². The minimum absolute atomic E-state index is 0.195. The Bertz CT molecular complexity index is 638. The fourth-order valence-electron chi connectivity index (χ4n) is 2.25. The lowest BCUT2D eigenvalue weighted by atomic mass is 10.0. The maximum absolute atomic E-state index is 12.4. The second-order valence-corrected chi connectivity index (χ2v) is 7.34. The van der Waals surface area contributed by atoms with Gasteiger partial charge in [0.15, 0.2) is 0 Å².